The lowest BCUT2D eigenvalue weighted by Gasteiger charge is -2.34. The molecular formula is C13H22OSi2. The first kappa shape index (κ1) is 11.9. The third-order valence-corrected chi connectivity index (χ3v) is 9.10. The Morgan fingerprint density at radius 3 is 2.44 bits per heavy atom. The maximum atomic E-state index is 6.28. The van der Waals surface area contributed by atoms with Gasteiger partial charge in [-0.3, -0.25) is 0 Å². The third-order valence-electron chi connectivity index (χ3n) is 3.43. The van der Waals surface area contributed by atoms with Crippen LogP contribution in [0.1, 0.15) is 5.56 Å². The molecule has 0 aromatic heterocycles. The van der Waals surface area contributed by atoms with Crippen LogP contribution in [-0.4, -0.2) is 16.4 Å². The van der Waals surface area contributed by atoms with E-state index in [0.29, 0.717) is 0 Å². The number of benzene rings is 1. The highest BCUT2D eigenvalue weighted by atomic mass is 28.4. The number of para-hydroxylation sites is 1. The monoisotopic (exact) mass is 250 g/mol. The molecule has 0 radical (unpaired) electrons. The topological polar surface area (TPSA) is 9.23 Å². The van der Waals surface area contributed by atoms with E-state index in [9.17, 15) is 0 Å². The van der Waals surface area contributed by atoms with E-state index in [4.69, 9.17) is 4.43 Å². The molecule has 0 N–H and O–H groups in total. The molecule has 0 spiro atoms. The molecule has 0 atom stereocenters. The minimum absolute atomic E-state index is 1.06. The zero-order chi connectivity index (χ0) is 11.8. The third kappa shape index (κ3) is 2.77. The van der Waals surface area contributed by atoms with Gasteiger partial charge in [-0.15, -0.1) is 0 Å². The molecule has 0 fully saturated rings. The van der Waals surface area contributed by atoms with Gasteiger partial charge < -0.3 is 4.43 Å². The van der Waals surface area contributed by atoms with Gasteiger partial charge in [0, 0.05) is 0 Å². The molecule has 0 aliphatic carbocycles. The number of hydrogen-bond donors (Lipinski definition) is 0. The fraction of sp³-hybridized carbons (Fsp3) is 0.538. The van der Waals surface area contributed by atoms with Crippen molar-refractivity contribution in [2.45, 2.75) is 44.3 Å². The Balaban J connectivity index is 2.39. The lowest BCUT2D eigenvalue weighted by atomic mass is 10.2. The van der Waals surface area contributed by atoms with Gasteiger partial charge in [0.2, 0.25) is 8.32 Å². The second-order valence-electron chi connectivity index (χ2n) is 6.31. The summed E-state index contributed by atoms with van der Waals surface area (Å²) in [5, 5.41) is 0. The standard InChI is InChI=1S/C13H22OSi2/c1-15(2)9-10-16(3,4)14-13-8-6-5-7-12(13)11-15/h5-8H,9-11H2,1-4H3. The zero-order valence-electron chi connectivity index (χ0n) is 10.8. The lowest BCUT2D eigenvalue weighted by Crippen LogP contribution is -2.41. The van der Waals surface area contributed by atoms with E-state index in [0.717, 1.165) is 0 Å². The summed E-state index contributed by atoms with van der Waals surface area (Å²) in [4.78, 5) is 0. The van der Waals surface area contributed by atoms with Crippen molar-refractivity contribution in [3.63, 3.8) is 0 Å². The Labute approximate surface area is 101 Å². The molecular weight excluding hydrogens is 228 g/mol. The van der Waals surface area contributed by atoms with E-state index in [1.165, 1.54) is 29.4 Å². The fourth-order valence-corrected chi connectivity index (χ4v) is 9.85. The van der Waals surface area contributed by atoms with Gasteiger partial charge in [0.25, 0.3) is 0 Å². The van der Waals surface area contributed by atoms with Crippen molar-refractivity contribution < 1.29 is 4.43 Å². The van der Waals surface area contributed by atoms with Crippen LogP contribution >= 0.6 is 0 Å². The molecule has 0 unspecified atom stereocenters. The van der Waals surface area contributed by atoms with Gasteiger partial charge in [0.05, 0.1) is 8.07 Å². The smallest absolute Gasteiger partial charge is 0.244 e. The fourth-order valence-electron chi connectivity index (χ4n) is 2.34. The summed E-state index contributed by atoms with van der Waals surface area (Å²) in [6.07, 6.45) is 0. The molecule has 0 amide bonds. The minimum atomic E-state index is -1.48. The van der Waals surface area contributed by atoms with Crippen molar-refractivity contribution in [2.24, 2.45) is 0 Å². The first-order chi connectivity index (χ1) is 7.38. The Hall–Kier alpha value is -0.546. The van der Waals surface area contributed by atoms with E-state index < -0.39 is 16.4 Å². The maximum Gasteiger partial charge on any atom is 0.244 e. The van der Waals surface area contributed by atoms with Gasteiger partial charge in [-0.2, -0.15) is 0 Å². The molecule has 2 rings (SSSR count). The highest BCUT2D eigenvalue weighted by Gasteiger charge is 2.33. The molecule has 1 aliphatic heterocycles. The molecule has 1 aliphatic rings. The Morgan fingerprint density at radius 2 is 1.69 bits per heavy atom. The van der Waals surface area contributed by atoms with Crippen molar-refractivity contribution in [3.05, 3.63) is 29.8 Å². The second kappa shape index (κ2) is 4.04. The average molecular weight is 250 g/mol. The van der Waals surface area contributed by atoms with Gasteiger partial charge >= 0.3 is 0 Å². The Bertz CT molecular complexity index is 348. The molecule has 3 heteroatoms. The minimum Gasteiger partial charge on any atom is -0.544 e. The molecule has 1 aromatic carbocycles. The molecule has 1 nitrogen and oxygen atoms in total. The maximum absolute atomic E-state index is 6.28. The molecule has 0 saturated carbocycles. The Morgan fingerprint density at radius 1 is 1.00 bits per heavy atom. The van der Waals surface area contributed by atoms with E-state index in [1.807, 2.05) is 0 Å². The van der Waals surface area contributed by atoms with Crippen molar-refractivity contribution in [1.82, 2.24) is 0 Å². The van der Waals surface area contributed by atoms with E-state index >= 15 is 0 Å². The SMILES string of the molecule is C[Si]1(C)CC[Si](C)(C)Oc2ccccc2C1. The quantitative estimate of drug-likeness (QED) is 0.631. The Kier molecular flexibility index (Phi) is 3.01. The van der Waals surface area contributed by atoms with Gasteiger partial charge in [-0.25, -0.2) is 0 Å². The van der Waals surface area contributed by atoms with Crippen LogP contribution in [0.15, 0.2) is 24.3 Å². The normalized spacial score (nSPS) is 22.5. The summed E-state index contributed by atoms with van der Waals surface area (Å²) in [7, 11) is -2.54. The van der Waals surface area contributed by atoms with E-state index in [2.05, 4.69) is 50.5 Å². The van der Waals surface area contributed by atoms with Crippen LogP contribution in [0.2, 0.25) is 38.3 Å². The van der Waals surface area contributed by atoms with Gasteiger partial charge in [0.15, 0.2) is 0 Å². The zero-order valence-corrected chi connectivity index (χ0v) is 12.8. The van der Waals surface area contributed by atoms with Crippen molar-refractivity contribution >= 4 is 16.4 Å². The van der Waals surface area contributed by atoms with Gasteiger partial charge in [0.1, 0.15) is 5.75 Å². The summed E-state index contributed by atoms with van der Waals surface area (Å²) in [5.41, 5.74) is 1.44. The van der Waals surface area contributed by atoms with Crippen molar-refractivity contribution in [1.29, 1.82) is 0 Å². The number of rotatable bonds is 0. The first-order valence-corrected chi connectivity index (χ1v) is 12.7. The summed E-state index contributed by atoms with van der Waals surface area (Å²) < 4.78 is 6.28. The summed E-state index contributed by atoms with van der Waals surface area (Å²) in [6, 6.07) is 12.6. The van der Waals surface area contributed by atoms with E-state index in [1.54, 1.807) is 0 Å². The van der Waals surface area contributed by atoms with Crippen LogP contribution in [-0.2, 0) is 6.04 Å². The van der Waals surface area contributed by atoms with Crippen LogP contribution in [0.3, 0.4) is 0 Å². The molecule has 1 aromatic rings. The number of hydrogen-bond acceptors (Lipinski definition) is 1. The van der Waals surface area contributed by atoms with E-state index in [-0.39, 0.29) is 0 Å². The van der Waals surface area contributed by atoms with Gasteiger partial charge in [-0.05, 0) is 36.8 Å². The molecule has 0 bridgehead atoms. The summed E-state index contributed by atoms with van der Waals surface area (Å²) in [5.74, 6) is 1.17. The van der Waals surface area contributed by atoms with Crippen LogP contribution in [0.25, 0.3) is 0 Å². The highest BCUT2D eigenvalue weighted by Crippen LogP contribution is 2.33. The molecule has 88 valence electrons. The molecule has 0 saturated heterocycles. The molecule has 16 heavy (non-hydrogen) atoms. The first-order valence-electron chi connectivity index (χ1n) is 6.15. The average Bonchev–Trinajstić information content (AvgIpc) is 2.17. The van der Waals surface area contributed by atoms with Crippen molar-refractivity contribution in [2.75, 3.05) is 0 Å². The largest absolute Gasteiger partial charge is 0.544 e. The highest BCUT2D eigenvalue weighted by molar-refractivity contribution is 6.80. The summed E-state index contributed by atoms with van der Waals surface area (Å²) in [6.45, 7) is 9.72. The van der Waals surface area contributed by atoms with Gasteiger partial charge in [-0.1, -0.05) is 37.3 Å². The predicted octanol–water partition coefficient (Wildman–Crippen LogP) is 4.07. The summed E-state index contributed by atoms with van der Waals surface area (Å²) >= 11 is 0. The number of fused-ring (bicyclic) bond motifs is 1. The van der Waals surface area contributed by atoms with Crippen LogP contribution < -0.4 is 4.43 Å². The van der Waals surface area contributed by atoms with Crippen LogP contribution in [0.5, 0.6) is 5.75 Å². The van der Waals surface area contributed by atoms with Crippen LogP contribution in [0, 0.1) is 0 Å². The van der Waals surface area contributed by atoms with Crippen LogP contribution in [0.4, 0.5) is 0 Å². The molecule has 1 heterocycles. The predicted molar refractivity (Wildman–Crippen MR) is 75.4 cm³/mol. The second-order valence-corrected chi connectivity index (χ2v) is 15.7. The van der Waals surface area contributed by atoms with Crippen molar-refractivity contribution in [3.8, 4) is 5.75 Å². The lowest BCUT2D eigenvalue weighted by molar-refractivity contribution is 0.540.